The van der Waals surface area contributed by atoms with Gasteiger partial charge in [-0.1, -0.05) is 23.7 Å². The van der Waals surface area contributed by atoms with Gasteiger partial charge in [0.1, 0.15) is 12.4 Å². The van der Waals surface area contributed by atoms with Crippen molar-refractivity contribution in [3.05, 3.63) is 58.6 Å². The van der Waals surface area contributed by atoms with Crippen molar-refractivity contribution < 1.29 is 14.3 Å². The van der Waals surface area contributed by atoms with Crippen LogP contribution in [-0.2, 0) is 11.4 Å². The molecule has 0 N–H and O–H groups in total. The molecule has 3 rings (SSSR count). The maximum atomic E-state index is 12.0. The number of likely N-dealkylation sites (N-methyl/N-ethyl adjacent to an activating group) is 1. The number of anilines is 1. The molecule has 0 saturated heterocycles. The second-order valence-corrected chi connectivity index (χ2v) is 5.41. The van der Waals surface area contributed by atoms with Crippen molar-refractivity contribution in [1.29, 1.82) is 0 Å². The minimum Gasteiger partial charge on any atom is -0.489 e. The largest absolute Gasteiger partial charge is 0.489 e. The van der Waals surface area contributed by atoms with E-state index < -0.39 is 11.7 Å². The van der Waals surface area contributed by atoms with Gasteiger partial charge in [0.05, 0.1) is 11.3 Å². The van der Waals surface area contributed by atoms with Crippen molar-refractivity contribution in [2.45, 2.75) is 13.5 Å². The monoisotopic (exact) mass is 315 g/mol. The van der Waals surface area contributed by atoms with E-state index in [2.05, 4.69) is 0 Å². The highest BCUT2D eigenvalue weighted by atomic mass is 35.5. The van der Waals surface area contributed by atoms with Gasteiger partial charge in [-0.05, 0) is 42.8 Å². The van der Waals surface area contributed by atoms with Crippen molar-refractivity contribution in [1.82, 2.24) is 0 Å². The van der Waals surface area contributed by atoms with Crippen LogP contribution in [0.4, 0.5) is 5.69 Å². The number of rotatable bonds is 4. The number of carbonyl (C=O) groups excluding carboxylic acids is 2. The Morgan fingerprint density at radius 1 is 1.09 bits per heavy atom. The van der Waals surface area contributed by atoms with Gasteiger partial charge in [0, 0.05) is 11.6 Å². The molecule has 2 aromatic rings. The predicted octanol–water partition coefficient (Wildman–Crippen LogP) is 3.47. The Morgan fingerprint density at radius 3 is 2.50 bits per heavy atom. The van der Waals surface area contributed by atoms with Crippen molar-refractivity contribution >= 4 is 29.0 Å². The third kappa shape index (κ3) is 2.57. The summed E-state index contributed by atoms with van der Waals surface area (Å²) in [4.78, 5) is 25.3. The number of amides is 1. The van der Waals surface area contributed by atoms with Gasteiger partial charge in [0.2, 0.25) is 0 Å². The zero-order chi connectivity index (χ0) is 15.7. The lowest BCUT2D eigenvalue weighted by molar-refractivity contribution is -0.114. The fraction of sp³-hybridized carbons (Fsp3) is 0.176. The van der Waals surface area contributed by atoms with E-state index in [4.69, 9.17) is 16.3 Å². The average molecular weight is 316 g/mol. The van der Waals surface area contributed by atoms with E-state index >= 15 is 0 Å². The van der Waals surface area contributed by atoms with Crippen LogP contribution >= 0.6 is 11.6 Å². The van der Waals surface area contributed by atoms with E-state index in [0.717, 1.165) is 5.56 Å². The Bertz CT molecular complexity index is 740. The summed E-state index contributed by atoms with van der Waals surface area (Å²) in [6.07, 6.45) is 0. The average Bonchev–Trinajstić information content (AvgIpc) is 2.78. The molecule has 0 atom stereocenters. The zero-order valence-electron chi connectivity index (χ0n) is 12.0. The fourth-order valence-electron chi connectivity index (χ4n) is 2.43. The lowest BCUT2D eigenvalue weighted by Crippen LogP contribution is -2.29. The summed E-state index contributed by atoms with van der Waals surface area (Å²) in [6.45, 7) is 2.68. The summed E-state index contributed by atoms with van der Waals surface area (Å²) < 4.78 is 5.68. The van der Waals surface area contributed by atoms with E-state index in [9.17, 15) is 9.59 Å². The van der Waals surface area contributed by atoms with Gasteiger partial charge in [-0.25, -0.2) is 0 Å². The third-order valence-electron chi connectivity index (χ3n) is 3.58. The molecule has 5 heteroatoms. The number of hydrogen-bond donors (Lipinski definition) is 0. The highest BCUT2D eigenvalue weighted by Crippen LogP contribution is 2.32. The zero-order valence-corrected chi connectivity index (χ0v) is 12.8. The quantitative estimate of drug-likeness (QED) is 0.812. The van der Waals surface area contributed by atoms with Crippen molar-refractivity contribution in [3.8, 4) is 5.75 Å². The maximum Gasteiger partial charge on any atom is 0.299 e. The smallest absolute Gasteiger partial charge is 0.299 e. The first kappa shape index (κ1) is 14.6. The number of ketones is 1. The molecule has 22 heavy (non-hydrogen) atoms. The number of fused-ring (bicyclic) bond motifs is 1. The summed E-state index contributed by atoms with van der Waals surface area (Å²) in [5.41, 5.74) is 2.03. The van der Waals surface area contributed by atoms with E-state index in [1.807, 2.05) is 19.1 Å². The summed E-state index contributed by atoms with van der Waals surface area (Å²) in [5, 5.41) is 0.671. The second-order valence-electron chi connectivity index (χ2n) is 4.97. The first-order chi connectivity index (χ1) is 10.6. The highest BCUT2D eigenvalue weighted by Gasteiger charge is 2.34. The van der Waals surface area contributed by atoms with Crippen LogP contribution in [0.15, 0.2) is 42.5 Å². The normalized spacial score (nSPS) is 13.5. The molecule has 0 unspecified atom stereocenters. The summed E-state index contributed by atoms with van der Waals surface area (Å²) in [7, 11) is 0. The second kappa shape index (κ2) is 5.81. The molecule has 0 saturated carbocycles. The molecule has 0 bridgehead atoms. The minimum absolute atomic E-state index is 0.371. The number of benzene rings is 2. The van der Waals surface area contributed by atoms with Crippen molar-refractivity contribution in [2.24, 2.45) is 0 Å². The molecule has 0 fully saturated rings. The summed E-state index contributed by atoms with van der Waals surface area (Å²) in [5.74, 6) is -0.394. The van der Waals surface area contributed by atoms with Crippen LogP contribution in [0.2, 0.25) is 5.02 Å². The van der Waals surface area contributed by atoms with Gasteiger partial charge < -0.3 is 9.64 Å². The molecule has 0 aliphatic carbocycles. The molecule has 0 radical (unpaired) electrons. The number of Topliss-reactive ketones (excluding diaryl/α,β-unsaturated/α-hetero) is 1. The number of halogens is 1. The molecule has 1 aliphatic heterocycles. The van der Waals surface area contributed by atoms with Gasteiger partial charge in [-0.3, -0.25) is 9.59 Å². The summed E-state index contributed by atoms with van der Waals surface area (Å²) in [6, 6.07) is 12.5. The van der Waals surface area contributed by atoms with Gasteiger partial charge in [-0.2, -0.15) is 0 Å². The minimum atomic E-state index is -0.479. The van der Waals surface area contributed by atoms with Crippen LogP contribution in [0, 0.1) is 0 Å². The number of nitrogens with zero attached hydrogens (tertiary/aromatic N) is 1. The molecular weight excluding hydrogens is 302 g/mol. The van der Waals surface area contributed by atoms with Crippen molar-refractivity contribution in [2.75, 3.05) is 11.4 Å². The fourth-order valence-corrected chi connectivity index (χ4v) is 2.56. The van der Waals surface area contributed by atoms with Crippen LogP contribution in [0.1, 0.15) is 22.8 Å². The van der Waals surface area contributed by atoms with Crippen LogP contribution in [0.3, 0.4) is 0 Å². The molecule has 0 spiro atoms. The molecule has 2 aromatic carbocycles. The van der Waals surface area contributed by atoms with Crippen LogP contribution in [0.25, 0.3) is 0 Å². The van der Waals surface area contributed by atoms with Gasteiger partial charge in [0.25, 0.3) is 11.7 Å². The molecule has 1 amide bonds. The number of carbonyl (C=O) groups is 2. The van der Waals surface area contributed by atoms with Gasteiger partial charge >= 0.3 is 0 Å². The number of ether oxygens (including phenoxy) is 1. The Labute approximate surface area is 133 Å². The highest BCUT2D eigenvalue weighted by molar-refractivity contribution is 6.52. The van der Waals surface area contributed by atoms with Crippen LogP contribution < -0.4 is 9.64 Å². The first-order valence-corrected chi connectivity index (χ1v) is 7.35. The van der Waals surface area contributed by atoms with Crippen molar-refractivity contribution in [3.63, 3.8) is 0 Å². The lowest BCUT2D eigenvalue weighted by Gasteiger charge is -2.13. The van der Waals surface area contributed by atoms with E-state index in [1.165, 1.54) is 4.90 Å². The standard InChI is InChI=1S/C17H14ClNO3/c1-2-19-15-8-7-13(9-14(15)16(20)17(19)21)22-10-11-3-5-12(18)6-4-11/h3-9H,2,10H2,1H3. The van der Waals surface area contributed by atoms with Gasteiger partial charge in [0.15, 0.2) is 0 Å². The third-order valence-corrected chi connectivity index (χ3v) is 3.83. The maximum absolute atomic E-state index is 12.0. The predicted molar refractivity (Wildman–Crippen MR) is 84.6 cm³/mol. The van der Waals surface area contributed by atoms with E-state index in [1.54, 1.807) is 30.3 Å². The number of hydrogen-bond acceptors (Lipinski definition) is 3. The van der Waals surface area contributed by atoms with Crippen LogP contribution in [0.5, 0.6) is 5.75 Å². The molecule has 1 aliphatic rings. The van der Waals surface area contributed by atoms with E-state index in [-0.39, 0.29) is 0 Å². The molecule has 112 valence electrons. The van der Waals surface area contributed by atoms with E-state index in [0.29, 0.717) is 35.2 Å². The molecular formula is C17H14ClNO3. The summed E-state index contributed by atoms with van der Waals surface area (Å²) >= 11 is 5.84. The SMILES string of the molecule is CCN1C(=O)C(=O)c2cc(OCc3ccc(Cl)cc3)ccc21. The van der Waals surface area contributed by atoms with Gasteiger partial charge in [-0.15, -0.1) is 0 Å². The Kier molecular flexibility index (Phi) is 3.86. The Hall–Kier alpha value is -2.33. The van der Waals surface area contributed by atoms with Crippen LogP contribution in [-0.4, -0.2) is 18.2 Å². The molecule has 0 aromatic heterocycles. The Morgan fingerprint density at radius 2 is 1.82 bits per heavy atom. The Balaban J connectivity index is 1.78. The molecule has 4 nitrogen and oxygen atoms in total. The lowest BCUT2D eigenvalue weighted by atomic mass is 10.1. The molecule has 1 heterocycles. The first-order valence-electron chi connectivity index (χ1n) is 6.97. The topological polar surface area (TPSA) is 46.6 Å².